The Morgan fingerprint density at radius 3 is 2.61 bits per heavy atom. The molecule has 1 fully saturated rings. The van der Waals surface area contributed by atoms with Gasteiger partial charge in [-0.3, -0.25) is 4.99 Å². The zero-order valence-electron chi connectivity index (χ0n) is 14.9. The van der Waals surface area contributed by atoms with Crippen LogP contribution in [0.5, 0.6) is 0 Å². The Hall–Kier alpha value is -0.370. The maximum atomic E-state index is 4.82. The van der Waals surface area contributed by atoms with Crippen molar-refractivity contribution in [2.75, 3.05) is 26.2 Å². The zero-order chi connectivity index (χ0) is 15.9. The standard InChI is InChI=1S/C17H30N4S.HI/c1-5-15-14(4)22-16(20-15)7-10-19-17(18-6-2)21-11-8-13(3)9-12-21;/h13H,5-12H2,1-4H3,(H,18,19);1H. The Balaban J connectivity index is 0.00000264. The Morgan fingerprint density at radius 2 is 2.04 bits per heavy atom. The van der Waals surface area contributed by atoms with Crippen molar-refractivity contribution < 1.29 is 0 Å². The number of hydrogen-bond acceptors (Lipinski definition) is 3. The van der Waals surface area contributed by atoms with Gasteiger partial charge in [0, 0.05) is 37.5 Å². The first-order valence-corrected chi connectivity index (χ1v) is 9.44. The van der Waals surface area contributed by atoms with Gasteiger partial charge in [0.25, 0.3) is 0 Å². The van der Waals surface area contributed by atoms with Crippen LogP contribution in [0.1, 0.15) is 49.2 Å². The van der Waals surface area contributed by atoms with E-state index in [1.54, 1.807) is 0 Å². The lowest BCUT2D eigenvalue weighted by molar-refractivity contribution is 0.273. The molecule has 2 rings (SSSR count). The third kappa shape index (κ3) is 6.21. The number of aliphatic imine (C=N–C) groups is 1. The Morgan fingerprint density at radius 1 is 1.35 bits per heavy atom. The number of likely N-dealkylation sites (tertiary alicyclic amines) is 1. The lowest BCUT2D eigenvalue weighted by atomic mass is 10.00. The molecule has 2 heterocycles. The summed E-state index contributed by atoms with van der Waals surface area (Å²) in [5.41, 5.74) is 1.25. The maximum absolute atomic E-state index is 4.82. The fourth-order valence-corrected chi connectivity index (χ4v) is 3.84. The van der Waals surface area contributed by atoms with E-state index >= 15 is 0 Å². The number of rotatable bonds is 5. The van der Waals surface area contributed by atoms with Crippen LogP contribution in [0.4, 0.5) is 0 Å². The predicted molar refractivity (Wildman–Crippen MR) is 111 cm³/mol. The zero-order valence-corrected chi connectivity index (χ0v) is 18.0. The molecule has 1 aromatic rings. The summed E-state index contributed by atoms with van der Waals surface area (Å²) in [6.07, 6.45) is 4.52. The number of piperidine rings is 1. The number of hydrogen-bond donors (Lipinski definition) is 1. The van der Waals surface area contributed by atoms with E-state index in [1.165, 1.54) is 28.4 Å². The van der Waals surface area contributed by atoms with Gasteiger partial charge in [-0.15, -0.1) is 35.3 Å². The van der Waals surface area contributed by atoms with E-state index < -0.39 is 0 Å². The van der Waals surface area contributed by atoms with Gasteiger partial charge in [0.15, 0.2) is 5.96 Å². The Labute approximate surface area is 162 Å². The highest BCUT2D eigenvalue weighted by molar-refractivity contribution is 14.0. The van der Waals surface area contributed by atoms with Crippen LogP contribution in [-0.2, 0) is 12.8 Å². The Bertz CT molecular complexity index is 493. The van der Waals surface area contributed by atoms with Crippen LogP contribution >= 0.6 is 35.3 Å². The van der Waals surface area contributed by atoms with E-state index in [0.717, 1.165) is 50.9 Å². The summed E-state index contributed by atoms with van der Waals surface area (Å²) in [5.74, 6) is 1.93. The number of thiazole rings is 1. The maximum Gasteiger partial charge on any atom is 0.193 e. The molecule has 0 unspecified atom stereocenters. The monoisotopic (exact) mass is 450 g/mol. The minimum absolute atomic E-state index is 0. The summed E-state index contributed by atoms with van der Waals surface area (Å²) in [7, 11) is 0. The summed E-state index contributed by atoms with van der Waals surface area (Å²) < 4.78 is 0. The minimum Gasteiger partial charge on any atom is -0.357 e. The molecular formula is C17H31IN4S. The first kappa shape index (κ1) is 20.7. The lowest BCUT2D eigenvalue weighted by Gasteiger charge is -2.33. The molecule has 1 aliphatic heterocycles. The highest BCUT2D eigenvalue weighted by Crippen LogP contribution is 2.19. The summed E-state index contributed by atoms with van der Waals surface area (Å²) in [5, 5.41) is 4.66. The van der Waals surface area contributed by atoms with E-state index in [1.807, 2.05) is 11.3 Å². The van der Waals surface area contributed by atoms with Crippen LogP contribution in [-0.4, -0.2) is 42.0 Å². The van der Waals surface area contributed by atoms with Crippen LogP contribution in [0.25, 0.3) is 0 Å². The van der Waals surface area contributed by atoms with Gasteiger partial charge in [-0.25, -0.2) is 4.98 Å². The molecule has 0 saturated carbocycles. The average Bonchev–Trinajstić information content (AvgIpc) is 2.87. The van der Waals surface area contributed by atoms with Crippen LogP contribution in [0.3, 0.4) is 0 Å². The van der Waals surface area contributed by atoms with Gasteiger partial charge in [-0.2, -0.15) is 0 Å². The molecule has 1 aliphatic rings. The SMILES string of the molecule is CCNC(=NCCc1nc(CC)c(C)s1)N1CCC(C)CC1.I. The topological polar surface area (TPSA) is 40.5 Å². The lowest BCUT2D eigenvalue weighted by Crippen LogP contribution is -2.45. The molecule has 1 N–H and O–H groups in total. The molecule has 0 aliphatic carbocycles. The average molecular weight is 450 g/mol. The van der Waals surface area contributed by atoms with Crippen LogP contribution < -0.4 is 5.32 Å². The van der Waals surface area contributed by atoms with E-state index in [9.17, 15) is 0 Å². The van der Waals surface area contributed by atoms with Gasteiger partial charge < -0.3 is 10.2 Å². The van der Waals surface area contributed by atoms with Crippen LogP contribution in [0.15, 0.2) is 4.99 Å². The molecular weight excluding hydrogens is 419 g/mol. The number of guanidine groups is 1. The van der Waals surface area contributed by atoms with Gasteiger partial charge in [0.1, 0.15) is 0 Å². The van der Waals surface area contributed by atoms with Gasteiger partial charge >= 0.3 is 0 Å². The fourth-order valence-electron chi connectivity index (χ4n) is 2.83. The molecule has 0 aromatic carbocycles. The van der Waals surface area contributed by atoms with E-state index in [0.29, 0.717) is 0 Å². The fraction of sp³-hybridized carbons (Fsp3) is 0.765. The Kier molecular flexibility index (Phi) is 9.43. The molecule has 4 nitrogen and oxygen atoms in total. The number of nitrogens with zero attached hydrogens (tertiary/aromatic N) is 3. The van der Waals surface area contributed by atoms with E-state index in [2.05, 4.69) is 37.9 Å². The van der Waals surface area contributed by atoms with Crippen molar-refractivity contribution in [3.8, 4) is 0 Å². The van der Waals surface area contributed by atoms with Crippen molar-refractivity contribution in [2.24, 2.45) is 10.9 Å². The highest BCUT2D eigenvalue weighted by atomic mass is 127. The summed E-state index contributed by atoms with van der Waals surface area (Å²) in [6.45, 7) is 12.8. The van der Waals surface area contributed by atoms with Crippen molar-refractivity contribution >= 4 is 41.3 Å². The largest absolute Gasteiger partial charge is 0.357 e. The first-order chi connectivity index (χ1) is 10.6. The molecule has 132 valence electrons. The second-order valence-corrected chi connectivity index (χ2v) is 7.41. The number of aryl methyl sites for hydroxylation is 2. The number of nitrogens with one attached hydrogen (secondary N) is 1. The van der Waals surface area contributed by atoms with Crippen molar-refractivity contribution in [3.05, 3.63) is 15.6 Å². The van der Waals surface area contributed by atoms with Gasteiger partial charge in [-0.05, 0) is 39.0 Å². The third-order valence-electron chi connectivity index (χ3n) is 4.28. The van der Waals surface area contributed by atoms with Crippen LogP contribution in [0, 0.1) is 12.8 Å². The molecule has 0 radical (unpaired) electrons. The molecule has 0 bridgehead atoms. The quantitative estimate of drug-likeness (QED) is 0.421. The van der Waals surface area contributed by atoms with Gasteiger partial charge in [-0.1, -0.05) is 13.8 Å². The third-order valence-corrected chi connectivity index (χ3v) is 5.35. The van der Waals surface area contributed by atoms with Crippen LogP contribution in [0.2, 0.25) is 0 Å². The summed E-state index contributed by atoms with van der Waals surface area (Å²) in [4.78, 5) is 13.3. The highest BCUT2D eigenvalue weighted by Gasteiger charge is 2.18. The van der Waals surface area contributed by atoms with E-state index in [-0.39, 0.29) is 24.0 Å². The second-order valence-electron chi connectivity index (χ2n) is 6.12. The van der Waals surface area contributed by atoms with Crippen molar-refractivity contribution in [2.45, 2.75) is 53.4 Å². The number of aromatic nitrogens is 1. The molecule has 0 amide bonds. The van der Waals surface area contributed by atoms with Gasteiger partial charge in [0.05, 0.1) is 10.7 Å². The molecule has 0 spiro atoms. The number of halogens is 1. The second kappa shape index (κ2) is 10.5. The summed E-state index contributed by atoms with van der Waals surface area (Å²) in [6, 6.07) is 0. The summed E-state index contributed by atoms with van der Waals surface area (Å²) >= 11 is 1.83. The normalized spacial score (nSPS) is 16.3. The van der Waals surface area contributed by atoms with Crippen molar-refractivity contribution in [1.29, 1.82) is 0 Å². The molecule has 1 aromatic heterocycles. The van der Waals surface area contributed by atoms with E-state index in [4.69, 9.17) is 9.98 Å². The molecule has 0 atom stereocenters. The predicted octanol–water partition coefficient (Wildman–Crippen LogP) is 3.87. The van der Waals surface area contributed by atoms with Gasteiger partial charge in [0.2, 0.25) is 0 Å². The van der Waals surface area contributed by atoms with Crippen molar-refractivity contribution in [3.63, 3.8) is 0 Å². The first-order valence-electron chi connectivity index (χ1n) is 8.62. The molecule has 6 heteroatoms. The van der Waals surface area contributed by atoms with Crippen molar-refractivity contribution in [1.82, 2.24) is 15.2 Å². The molecule has 1 saturated heterocycles. The minimum atomic E-state index is 0. The molecule has 23 heavy (non-hydrogen) atoms. The smallest absolute Gasteiger partial charge is 0.193 e.